The Labute approximate surface area is 169 Å². The van der Waals surface area contributed by atoms with Crippen LogP contribution in [0.3, 0.4) is 0 Å². The fourth-order valence-corrected chi connectivity index (χ4v) is 4.11. The minimum Gasteiger partial charge on any atom is -0.469 e. The summed E-state index contributed by atoms with van der Waals surface area (Å²) >= 11 is 4.52. The second-order valence-electron chi connectivity index (χ2n) is 5.97. The molecule has 0 spiro atoms. The molecule has 0 saturated carbocycles. The molecule has 138 valence electrons. The highest BCUT2D eigenvalue weighted by Crippen LogP contribution is 2.36. The topological polar surface area (TPSA) is 95.1 Å². The predicted molar refractivity (Wildman–Crippen MR) is 107 cm³/mol. The largest absolute Gasteiger partial charge is 0.469 e. The van der Waals surface area contributed by atoms with Crippen LogP contribution in [0.2, 0.25) is 0 Å². The Hall–Kier alpha value is -2.50. The van der Waals surface area contributed by atoms with E-state index < -0.39 is 5.92 Å². The SMILES string of the molecule is Cc1cc(Br)ccc1NC(=O)CSC1=C(C#N)[C@@H](c2ccco2)CC(=O)N1. The van der Waals surface area contributed by atoms with Gasteiger partial charge in [-0.3, -0.25) is 9.59 Å². The lowest BCUT2D eigenvalue weighted by atomic mass is 9.92. The van der Waals surface area contributed by atoms with E-state index in [1.165, 1.54) is 6.26 Å². The Bertz CT molecular complexity index is 948. The van der Waals surface area contributed by atoms with Crippen LogP contribution in [0.15, 0.2) is 56.1 Å². The van der Waals surface area contributed by atoms with Crippen LogP contribution in [0.5, 0.6) is 0 Å². The molecule has 3 rings (SSSR count). The molecule has 1 atom stereocenters. The summed E-state index contributed by atoms with van der Waals surface area (Å²) in [5, 5.41) is 15.5. The summed E-state index contributed by atoms with van der Waals surface area (Å²) in [5.41, 5.74) is 2.06. The van der Waals surface area contributed by atoms with E-state index >= 15 is 0 Å². The lowest BCUT2D eigenvalue weighted by Gasteiger charge is -2.23. The van der Waals surface area contributed by atoms with E-state index in [1.54, 1.807) is 12.1 Å². The van der Waals surface area contributed by atoms with Crippen molar-refractivity contribution < 1.29 is 14.0 Å². The molecule has 2 N–H and O–H groups in total. The molecule has 2 amide bonds. The number of rotatable bonds is 5. The van der Waals surface area contributed by atoms with Crippen LogP contribution in [0.4, 0.5) is 5.69 Å². The molecular weight excluding hydrogens is 430 g/mol. The Morgan fingerprint density at radius 1 is 1.48 bits per heavy atom. The van der Waals surface area contributed by atoms with Crippen LogP contribution in [-0.4, -0.2) is 17.6 Å². The van der Waals surface area contributed by atoms with Gasteiger partial charge in [-0.25, -0.2) is 0 Å². The number of hydrogen-bond donors (Lipinski definition) is 2. The Kier molecular flexibility index (Phi) is 6.04. The molecule has 0 bridgehead atoms. The van der Waals surface area contributed by atoms with Gasteiger partial charge in [-0.2, -0.15) is 5.26 Å². The summed E-state index contributed by atoms with van der Waals surface area (Å²) in [6, 6.07) is 11.2. The van der Waals surface area contributed by atoms with Crippen molar-refractivity contribution in [3.05, 3.63) is 63.0 Å². The van der Waals surface area contributed by atoms with Crippen molar-refractivity contribution >= 4 is 45.2 Å². The first kappa shape index (κ1) is 19.3. The Balaban J connectivity index is 1.72. The monoisotopic (exact) mass is 445 g/mol. The van der Waals surface area contributed by atoms with E-state index in [0.717, 1.165) is 27.5 Å². The van der Waals surface area contributed by atoms with Gasteiger partial charge >= 0.3 is 0 Å². The molecule has 2 aromatic rings. The number of halogens is 1. The zero-order valence-electron chi connectivity index (χ0n) is 14.4. The predicted octanol–water partition coefficient (Wildman–Crippen LogP) is 4.06. The first-order chi connectivity index (χ1) is 13.0. The van der Waals surface area contributed by atoms with Crippen LogP contribution in [-0.2, 0) is 9.59 Å². The van der Waals surface area contributed by atoms with Crippen molar-refractivity contribution in [1.29, 1.82) is 5.26 Å². The molecule has 6 nitrogen and oxygen atoms in total. The van der Waals surface area contributed by atoms with Crippen LogP contribution >= 0.6 is 27.7 Å². The number of allylic oxidation sites excluding steroid dienone is 1. The molecule has 0 radical (unpaired) electrons. The first-order valence-electron chi connectivity index (χ1n) is 8.14. The minimum atomic E-state index is -0.432. The van der Waals surface area contributed by atoms with Gasteiger partial charge in [0, 0.05) is 16.6 Å². The minimum absolute atomic E-state index is 0.0706. The lowest BCUT2D eigenvalue weighted by molar-refractivity contribution is -0.121. The van der Waals surface area contributed by atoms with Gasteiger partial charge in [0.25, 0.3) is 0 Å². The van der Waals surface area contributed by atoms with E-state index in [1.807, 2.05) is 25.1 Å². The maximum atomic E-state index is 12.3. The summed E-state index contributed by atoms with van der Waals surface area (Å²) in [7, 11) is 0. The summed E-state index contributed by atoms with van der Waals surface area (Å²) in [6.07, 6.45) is 1.66. The highest BCUT2D eigenvalue weighted by Gasteiger charge is 2.31. The highest BCUT2D eigenvalue weighted by atomic mass is 79.9. The maximum Gasteiger partial charge on any atom is 0.234 e. The van der Waals surface area contributed by atoms with Crippen LogP contribution < -0.4 is 10.6 Å². The number of carbonyl (C=O) groups is 2. The molecule has 1 aliphatic heterocycles. The maximum absolute atomic E-state index is 12.3. The number of nitrogens with zero attached hydrogens (tertiary/aromatic N) is 1. The van der Waals surface area contributed by atoms with Crippen LogP contribution in [0, 0.1) is 18.3 Å². The summed E-state index contributed by atoms with van der Waals surface area (Å²) in [6.45, 7) is 1.90. The molecule has 27 heavy (non-hydrogen) atoms. The molecule has 0 fully saturated rings. The fraction of sp³-hybridized carbons (Fsp3) is 0.211. The average Bonchev–Trinajstić information content (AvgIpc) is 3.16. The van der Waals surface area contributed by atoms with Gasteiger partial charge < -0.3 is 15.1 Å². The number of amides is 2. The zero-order valence-corrected chi connectivity index (χ0v) is 16.8. The molecule has 1 aliphatic rings. The normalized spacial score (nSPS) is 16.6. The van der Waals surface area contributed by atoms with Gasteiger partial charge in [0.1, 0.15) is 5.76 Å². The number of thioether (sulfide) groups is 1. The second-order valence-corrected chi connectivity index (χ2v) is 7.87. The molecule has 1 aromatic heterocycles. The Morgan fingerprint density at radius 2 is 2.30 bits per heavy atom. The third-order valence-corrected chi connectivity index (χ3v) is 5.56. The van der Waals surface area contributed by atoms with Crippen molar-refractivity contribution in [2.75, 3.05) is 11.1 Å². The smallest absolute Gasteiger partial charge is 0.234 e. The molecule has 0 saturated heterocycles. The van der Waals surface area contributed by atoms with Crippen molar-refractivity contribution in [2.24, 2.45) is 0 Å². The molecular formula is C19H16BrN3O3S. The fourth-order valence-electron chi connectivity index (χ4n) is 2.76. The van der Waals surface area contributed by atoms with Crippen LogP contribution in [0.1, 0.15) is 23.7 Å². The molecule has 0 aliphatic carbocycles. The van der Waals surface area contributed by atoms with Gasteiger partial charge in [-0.1, -0.05) is 27.7 Å². The number of carbonyl (C=O) groups excluding carboxylic acids is 2. The third kappa shape index (κ3) is 4.62. The van der Waals surface area contributed by atoms with Crippen LogP contribution in [0.25, 0.3) is 0 Å². The molecule has 2 heterocycles. The van der Waals surface area contributed by atoms with Gasteiger partial charge in [-0.15, -0.1) is 0 Å². The lowest BCUT2D eigenvalue weighted by Crippen LogP contribution is -2.31. The quantitative estimate of drug-likeness (QED) is 0.723. The summed E-state index contributed by atoms with van der Waals surface area (Å²) in [4.78, 5) is 24.3. The number of anilines is 1. The number of hydrogen-bond acceptors (Lipinski definition) is 5. The van der Waals surface area contributed by atoms with E-state index in [4.69, 9.17) is 4.42 Å². The Morgan fingerprint density at radius 3 is 2.96 bits per heavy atom. The second kappa shape index (κ2) is 8.46. The first-order valence-corrected chi connectivity index (χ1v) is 9.92. The number of furan rings is 1. The van der Waals surface area contributed by atoms with E-state index in [2.05, 4.69) is 32.6 Å². The number of nitrogens with one attached hydrogen (secondary N) is 2. The van der Waals surface area contributed by atoms with E-state index in [9.17, 15) is 14.9 Å². The van der Waals surface area contributed by atoms with Crippen molar-refractivity contribution in [3.63, 3.8) is 0 Å². The zero-order chi connectivity index (χ0) is 19.4. The summed E-state index contributed by atoms with van der Waals surface area (Å²) < 4.78 is 6.31. The molecule has 8 heteroatoms. The average molecular weight is 446 g/mol. The number of aryl methyl sites for hydroxylation is 1. The highest BCUT2D eigenvalue weighted by molar-refractivity contribution is 9.10. The van der Waals surface area contributed by atoms with Crippen molar-refractivity contribution in [1.82, 2.24) is 5.32 Å². The van der Waals surface area contributed by atoms with Gasteiger partial charge in [0.2, 0.25) is 11.8 Å². The van der Waals surface area contributed by atoms with Crippen molar-refractivity contribution in [3.8, 4) is 6.07 Å². The number of benzene rings is 1. The molecule has 1 aromatic carbocycles. The van der Waals surface area contributed by atoms with Gasteiger partial charge in [-0.05, 0) is 42.8 Å². The van der Waals surface area contributed by atoms with Gasteiger partial charge in [0.05, 0.1) is 34.6 Å². The molecule has 0 unspecified atom stereocenters. The number of nitriles is 1. The van der Waals surface area contributed by atoms with E-state index in [-0.39, 0.29) is 24.0 Å². The standard InChI is InChI=1S/C19H16BrN3O3S/c1-11-7-12(20)4-5-15(11)22-18(25)10-27-19-14(9-21)13(8-17(24)23-19)16-3-2-6-26-16/h2-7,13H,8,10H2,1H3,(H,22,25)(H,23,24)/t13-/m0/s1. The van der Waals surface area contributed by atoms with E-state index in [0.29, 0.717) is 16.4 Å². The van der Waals surface area contributed by atoms with Crippen molar-refractivity contribution in [2.45, 2.75) is 19.3 Å². The third-order valence-electron chi connectivity index (χ3n) is 4.05. The summed E-state index contributed by atoms with van der Waals surface area (Å²) in [5.74, 6) is -0.222. The van der Waals surface area contributed by atoms with Gasteiger partial charge in [0.15, 0.2) is 0 Å².